The van der Waals surface area contributed by atoms with E-state index >= 15 is 0 Å². The van der Waals surface area contributed by atoms with Gasteiger partial charge in [0.05, 0.1) is 0 Å². The molecule has 4 nitrogen and oxygen atoms in total. The Morgan fingerprint density at radius 3 is 3.17 bits per heavy atom. The van der Waals surface area contributed by atoms with E-state index in [1.807, 2.05) is 6.07 Å². The number of fused-ring (bicyclic) bond motifs is 1. The molecule has 2 aromatic heterocycles. The van der Waals surface area contributed by atoms with Crippen molar-refractivity contribution in [2.24, 2.45) is 7.05 Å². The summed E-state index contributed by atoms with van der Waals surface area (Å²) in [7, 11) is 1.74. The Bertz CT molecular complexity index is 463. The summed E-state index contributed by atoms with van der Waals surface area (Å²) >= 11 is 0. The Labute approximate surface area is 69.1 Å². The molecule has 0 aliphatic carbocycles. The number of aromatic nitrogens is 3. The van der Waals surface area contributed by atoms with Gasteiger partial charge < -0.3 is 0 Å². The Balaban J connectivity index is 2.93. The first kappa shape index (κ1) is 6.80. The lowest BCUT2D eigenvalue weighted by atomic mass is 10.3. The molecule has 0 aliphatic rings. The van der Waals surface area contributed by atoms with Crippen LogP contribution in [0, 0.1) is 11.3 Å². The summed E-state index contributed by atoms with van der Waals surface area (Å²) in [5.41, 5.74) is 1.93. The van der Waals surface area contributed by atoms with Crippen molar-refractivity contribution < 1.29 is 0 Å². The van der Waals surface area contributed by atoms with Gasteiger partial charge in [-0.15, -0.1) is 0 Å². The van der Waals surface area contributed by atoms with Gasteiger partial charge in [0.15, 0.2) is 5.69 Å². The molecule has 0 unspecified atom stereocenters. The van der Waals surface area contributed by atoms with Gasteiger partial charge in [0, 0.05) is 13.2 Å². The Hall–Kier alpha value is -1.89. The molecule has 2 rings (SSSR count). The van der Waals surface area contributed by atoms with Crippen molar-refractivity contribution in [2.75, 3.05) is 0 Å². The third kappa shape index (κ3) is 0.768. The molecular weight excluding hydrogens is 152 g/mol. The van der Waals surface area contributed by atoms with Crippen LogP contribution < -0.4 is 0 Å². The minimum Gasteiger partial charge on any atom is -0.255 e. The SMILES string of the molecule is Cn1nc2cccnc2c1C#N. The molecule has 0 aliphatic heterocycles. The van der Waals surface area contributed by atoms with Gasteiger partial charge in [0.25, 0.3) is 0 Å². The maximum absolute atomic E-state index is 8.75. The van der Waals surface area contributed by atoms with E-state index < -0.39 is 0 Å². The second-order valence-corrected chi connectivity index (χ2v) is 2.46. The van der Waals surface area contributed by atoms with E-state index in [4.69, 9.17) is 5.26 Å². The summed E-state index contributed by atoms with van der Waals surface area (Å²) in [5.74, 6) is 0. The zero-order chi connectivity index (χ0) is 8.55. The van der Waals surface area contributed by atoms with E-state index in [1.165, 1.54) is 4.68 Å². The predicted molar refractivity (Wildman–Crippen MR) is 43.2 cm³/mol. The second-order valence-electron chi connectivity index (χ2n) is 2.46. The number of hydrogen-bond donors (Lipinski definition) is 0. The van der Waals surface area contributed by atoms with E-state index in [-0.39, 0.29) is 0 Å². The van der Waals surface area contributed by atoms with Crippen molar-refractivity contribution in [2.45, 2.75) is 0 Å². The standard InChI is InChI=1S/C8H6N4/c1-12-7(5-9)8-6(11-12)3-2-4-10-8/h2-4H,1H3. The second kappa shape index (κ2) is 2.31. The van der Waals surface area contributed by atoms with Crippen molar-refractivity contribution in [3.8, 4) is 6.07 Å². The lowest BCUT2D eigenvalue weighted by molar-refractivity contribution is 0.767. The summed E-state index contributed by atoms with van der Waals surface area (Å²) in [5, 5.41) is 12.9. The van der Waals surface area contributed by atoms with Crippen LogP contribution in [0.2, 0.25) is 0 Å². The monoisotopic (exact) mass is 158 g/mol. The Morgan fingerprint density at radius 1 is 1.58 bits per heavy atom. The first-order valence-corrected chi connectivity index (χ1v) is 3.51. The van der Waals surface area contributed by atoms with Gasteiger partial charge >= 0.3 is 0 Å². The van der Waals surface area contributed by atoms with E-state index in [0.29, 0.717) is 11.2 Å². The minimum absolute atomic E-state index is 0.505. The number of aryl methyl sites for hydroxylation is 1. The maximum Gasteiger partial charge on any atom is 0.164 e. The molecule has 0 N–H and O–H groups in total. The number of nitriles is 1. The Morgan fingerprint density at radius 2 is 2.42 bits per heavy atom. The van der Waals surface area contributed by atoms with Crippen LogP contribution in [0.3, 0.4) is 0 Å². The predicted octanol–water partition coefficient (Wildman–Crippen LogP) is 0.840. The highest BCUT2D eigenvalue weighted by molar-refractivity contribution is 5.79. The van der Waals surface area contributed by atoms with Crippen LogP contribution in [-0.2, 0) is 7.05 Å². The van der Waals surface area contributed by atoms with Crippen LogP contribution >= 0.6 is 0 Å². The van der Waals surface area contributed by atoms with Gasteiger partial charge in [-0.25, -0.2) is 0 Å². The van der Waals surface area contributed by atoms with Crippen molar-refractivity contribution >= 4 is 11.0 Å². The molecule has 58 valence electrons. The highest BCUT2D eigenvalue weighted by Gasteiger charge is 2.07. The molecule has 0 aromatic carbocycles. The molecule has 0 atom stereocenters. The number of rotatable bonds is 0. The van der Waals surface area contributed by atoms with Gasteiger partial charge in [0.1, 0.15) is 17.1 Å². The summed E-state index contributed by atoms with van der Waals surface area (Å²) in [6, 6.07) is 5.69. The average Bonchev–Trinajstić information content (AvgIpc) is 2.40. The zero-order valence-electron chi connectivity index (χ0n) is 6.52. The molecule has 2 heterocycles. The van der Waals surface area contributed by atoms with Crippen LogP contribution in [0.4, 0.5) is 0 Å². The smallest absolute Gasteiger partial charge is 0.164 e. The van der Waals surface area contributed by atoms with Crippen LogP contribution in [0.1, 0.15) is 5.69 Å². The average molecular weight is 158 g/mol. The summed E-state index contributed by atoms with van der Waals surface area (Å²) in [6.45, 7) is 0. The molecule has 0 fully saturated rings. The largest absolute Gasteiger partial charge is 0.255 e. The van der Waals surface area contributed by atoms with E-state index in [0.717, 1.165) is 5.52 Å². The van der Waals surface area contributed by atoms with Crippen molar-refractivity contribution in [1.29, 1.82) is 5.26 Å². The quantitative estimate of drug-likeness (QED) is 0.570. The topological polar surface area (TPSA) is 54.5 Å². The van der Waals surface area contributed by atoms with Gasteiger partial charge in [-0.05, 0) is 12.1 Å². The first-order chi connectivity index (χ1) is 5.83. The van der Waals surface area contributed by atoms with E-state index in [1.54, 1.807) is 19.3 Å². The minimum atomic E-state index is 0.505. The lowest BCUT2D eigenvalue weighted by Gasteiger charge is -1.86. The van der Waals surface area contributed by atoms with Crippen LogP contribution in [0.15, 0.2) is 18.3 Å². The molecule has 0 saturated heterocycles. The molecule has 0 spiro atoms. The zero-order valence-corrected chi connectivity index (χ0v) is 6.52. The normalized spacial score (nSPS) is 10.0. The molecule has 0 saturated carbocycles. The molecule has 0 bridgehead atoms. The highest BCUT2D eigenvalue weighted by Crippen LogP contribution is 2.12. The van der Waals surface area contributed by atoms with Gasteiger partial charge in [-0.2, -0.15) is 10.4 Å². The maximum atomic E-state index is 8.75. The Kier molecular flexibility index (Phi) is 1.31. The molecular formula is C8H6N4. The summed E-state index contributed by atoms with van der Waals surface area (Å²) in [6.07, 6.45) is 1.66. The van der Waals surface area contributed by atoms with Crippen LogP contribution in [0.25, 0.3) is 11.0 Å². The fourth-order valence-electron chi connectivity index (χ4n) is 1.15. The molecule has 2 aromatic rings. The highest BCUT2D eigenvalue weighted by atomic mass is 15.3. The number of hydrogen-bond acceptors (Lipinski definition) is 3. The van der Waals surface area contributed by atoms with Crippen LogP contribution in [-0.4, -0.2) is 14.8 Å². The fourth-order valence-corrected chi connectivity index (χ4v) is 1.15. The first-order valence-electron chi connectivity index (χ1n) is 3.51. The lowest BCUT2D eigenvalue weighted by Crippen LogP contribution is -1.92. The summed E-state index contributed by atoms with van der Waals surface area (Å²) < 4.78 is 1.54. The van der Waals surface area contributed by atoms with Crippen LogP contribution in [0.5, 0.6) is 0 Å². The van der Waals surface area contributed by atoms with Crippen molar-refractivity contribution in [3.05, 3.63) is 24.0 Å². The van der Waals surface area contributed by atoms with Crippen molar-refractivity contribution in [3.63, 3.8) is 0 Å². The van der Waals surface area contributed by atoms with E-state index in [9.17, 15) is 0 Å². The van der Waals surface area contributed by atoms with E-state index in [2.05, 4.69) is 16.2 Å². The number of pyridine rings is 1. The van der Waals surface area contributed by atoms with Gasteiger partial charge in [0.2, 0.25) is 0 Å². The number of nitrogens with zero attached hydrogens (tertiary/aromatic N) is 4. The van der Waals surface area contributed by atoms with Crippen molar-refractivity contribution in [1.82, 2.24) is 14.8 Å². The molecule has 0 radical (unpaired) electrons. The fraction of sp³-hybridized carbons (Fsp3) is 0.125. The third-order valence-corrected chi connectivity index (χ3v) is 1.70. The van der Waals surface area contributed by atoms with Gasteiger partial charge in [-0.1, -0.05) is 0 Å². The molecule has 12 heavy (non-hydrogen) atoms. The van der Waals surface area contributed by atoms with Gasteiger partial charge in [-0.3, -0.25) is 9.67 Å². The summed E-state index contributed by atoms with van der Waals surface area (Å²) in [4.78, 5) is 4.07. The third-order valence-electron chi connectivity index (χ3n) is 1.70. The molecule has 4 heteroatoms. The molecule has 0 amide bonds.